The maximum Gasteiger partial charge on any atom is 0.259 e. The number of amides is 1. The minimum atomic E-state index is -0.920. The molecule has 0 aliphatic heterocycles. The van der Waals surface area contributed by atoms with Crippen molar-refractivity contribution in [3.8, 4) is 0 Å². The van der Waals surface area contributed by atoms with E-state index >= 15 is 0 Å². The first-order chi connectivity index (χ1) is 5.22. The molecule has 0 aromatic rings. The Kier molecular flexibility index (Phi) is 6.90. The highest BCUT2D eigenvalue weighted by Gasteiger charge is 2.10. The molecule has 0 fully saturated rings. The van der Waals surface area contributed by atoms with E-state index in [4.69, 9.17) is 5.11 Å². The van der Waals surface area contributed by atoms with Gasteiger partial charge in [-0.1, -0.05) is 0 Å². The topological polar surface area (TPSA) is 49.3 Å². The highest BCUT2D eigenvalue weighted by Crippen LogP contribution is 2.00. The van der Waals surface area contributed by atoms with Gasteiger partial charge in [-0.25, -0.2) is 0 Å². The van der Waals surface area contributed by atoms with Gasteiger partial charge in [-0.3, -0.25) is 4.79 Å². The summed E-state index contributed by atoms with van der Waals surface area (Å²) < 4.78 is 0. The van der Waals surface area contributed by atoms with Crippen LogP contribution in [0.2, 0.25) is 0 Å². The van der Waals surface area contributed by atoms with Gasteiger partial charge in [-0.05, 0) is 12.5 Å². The van der Waals surface area contributed by atoms with Crippen LogP contribution in [0, 0.1) is 0 Å². The van der Waals surface area contributed by atoms with Gasteiger partial charge in [0.05, 0.1) is 0 Å². The number of aliphatic hydroxyl groups excluding tert-OH is 1. The molecule has 5 heteroatoms. The van der Waals surface area contributed by atoms with Crippen LogP contribution in [0.4, 0.5) is 0 Å². The van der Waals surface area contributed by atoms with Crippen LogP contribution in [-0.4, -0.2) is 41.3 Å². The molecule has 0 heterocycles. The second kappa shape index (κ2) is 6.82. The molecule has 0 unspecified atom stereocenters. The number of carbonyl (C=O) groups is 1. The van der Waals surface area contributed by atoms with Crippen LogP contribution >= 0.6 is 23.5 Å². The fourth-order valence-corrected chi connectivity index (χ4v) is 1.07. The average Bonchev–Trinajstić information content (AvgIpc) is 2.03. The lowest BCUT2D eigenvalue weighted by molar-refractivity contribution is -0.125. The second-order valence-corrected chi connectivity index (χ2v) is 3.78. The fourth-order valence-electron chi connectivity index (χ4n) is 0.471. The Bertz CT molecular complexity index is 121. The summed E-state index contributed by atoms with van der Waals surface area (Å²) in [5.41, 5.74) is -0.920. The lowest BCUT2D eigenvalue weighted by Crippen LogP contribution is -2.33. The smallest absolute Gasteiger partial charge is 0.259 e. The SMILES string of the molecule is CSCCNC(=O)[C@@H](O)SC. The average molecular weight is 195 g/mol. The second-order valence-electron chi connectivity index (χ2n) is 1.87. The van der Waals surface area contributed by atoms with Gasteiger partial charge in [0.1, 0.15) is 0 Å². The van der Waals surface area contributed by atoms with Crippen LogP contribution < -0.4 is 5.32 Å². The van der Waals surface area contributed by atoms with Crippen LogP contribution in [0.5, 0.6) is 0 Å². The molecule has 0 spiro atoms. The van der Waals surface area contributed by atoms with Crippen molar-refractivity contribution in [2.45, 2.75) is 5.44 Å². The molecule has 0 aliphatic carbocycles. The van der Waals surface area contributed by atoms with E-state index in [1.165, 1.54) is 0 Å². The summed E-state index contributed by atoms with van der Waals surface area (Å²) in [4.78, 5) is 10.9. The summed E-state index contributed by atoms with van der Waals surface area (Å²) in [6.45, 7) is 0.623. The van der Waals surface area contributed by atoms with Crippen molar-refractivity contribution in [1.82, 2.24) is 5.32 Å². The minimum Gasteiger partial charge on any atom is -0.373 e. The molecule has 0 radical (unpaired) electrons. The first kappa shape index (κ1) is 11.1. The van der Waals surface area contributed by atoms with Crippen LogP contribution in [0.3, 0.4) is 0 Å². The van der Waals surface area contributed by atoms with Gasteiger partial charge in [0.2, 0.25) is 0 Å². The third kappa shape index (κ3) is 5.41. The highest BCUT2D eigenvalue weighted by molar-refractivity contribution is 7.99. The number of aliphatic hydroxyl groups is 1. The molecule has 0 aliphatic rings. The molecule has 11 heavy (non-hydrogen) atoms. The fraction of sp³-hybridized carbons (Fsp3) is 0.833. The van der Waals surface area contributed by atoms with Gasteiger partial charge in [0.25, 0.3) is 5.91 Å². The summed E-state index contributed by atoms with van der Waals surface area (Å²) in [5.74, 6) is 0.582. The summed E-state index contributed by atoms with van der Waals surface area (Å²) in [7, 11) is 0. The number of hydrogen-bond donors (Lipinski definition) is 2. The van der Waals surface area contributed by atoms with Crippen molar-refractivity contribution in [2.75, 3.05) is 24.8 Å². The van der Waals surface area contributed by atoms with Crippen LogP contribution in [0.25, 0.3) is 0 Å². The Hall–Kier alpha value is 0.130. The quantitative estimate of drug-likeness (QED) is 0.484. The lowest BCUT2D eigenvalue weighted by Gasteiger charge is -2.07. The number of rotatable bonds is 5. The number of nitrogens with one attached hydrogen (secondary N) is 1. The van der Waals surface area contributed by atoms with E-state index in [1.54, 1.807) is 18.0 Å². The summed E-state index contributed by atoms with van der Waals surface area (Å²) in [6, 6.07) is 0. The predicted octanol–water partition coefficient (Wildman–Crippen LogP) is 0.147. The van der Waals surface area contributed by atoms with E-state index in [-0.39, 0.29) is 5.91 Å². The first-order valence-corrected chi connectivity index (χ1v) is 5.88. The maximum absolute atomic E-state index is 10.9. The Balaban J connectivity index is 3.36. The molecule has 0 saturated carbocycles. The molecule has 1 amide bonds. The maximum atomic E-state index is 10.9. The largest absolute Gasteiger partial charge is 0.373 e. The zero-order valence-corrected chi connectivity index (χ0v) is 8.30. The molecule has 0 bridgehead atoms. The summed E-state index contributed by atoms with van der Waals surface area (Å²) >= 11 is 2.79. The van der Waals surface area contributed by atoms with E-state index < -0.39 is 5.44 Å². The van der Waals surface area contributed by atoms with E-state index in [2.05, 4.69) is 5.32 Å². The molecule has 0 aromatic carbocycles. The van der Waals surface area contributed by atoms with Gasteiger partial charge < -0.3 is 10.4 Å². The summed E-state index contributed by atoms with van der Waals surface area (Å²) in [6.07, 6.45) is 3.66. The van der Waals surface area contributed by atoms with E-state index in [0.717, 1.165) is 17.5 Å². The van der Waals surface area contributed by atoms with Crippen molar-refractivity contribution < 1.29 is 9.90 Å². The van der Waals surface area contributed by atoms with Crippen molar-refractivity contribution in [1.29, 1.82) is 0 Å². The number of thioether (sulfide) groups is 2. The molecule has 0 aromatic heterocycles. The number of hydrogen-bond acceptors (Lipinski definition) is 4. The molecule has 66 valence electrons. The lowest BCUT2D eigenvalue weighted by atomic mass is 10.6. The van der Waals surface area contributed by atoms with Gasteiger partial charge in [-0.2, -0.15) is 11.8 Å². The van der Waals surface area contributed by atoms with Gasteiger partial charge >= 0.3 is 0 Å². The molecular weight excluding hydrogens is 182 g/mol. The predicted molar refractivity (Wildman–Crippen MR) is 50.9 cm³/mol. The zero-order valence-electron chi connectivity index (χ0n) is 6.66. The summed E-state index contributed by atoms with van der Waals surface area (Å²) in [5, 5.41) is 11.6. The molecule has 0 rings (SSSR count). The van der Waals surface area contributed by atoms with Crippen LogP contribution in [-0.2, 0) is 4.79 Å². The first-order valence-electron chi connectivity index (χ1n) is 3.20. The highest BCUT2D eigenvalue weighted by atomic mass is 32.2. The van der Waals surface area contributed by atoms with Gasteiger partial charge in [0.15, 0.2) is 5.44 Å². The van der Waals surface area contributed by atoms with Gasteiger partial charge in [0, 0.05) is 12.3 Å². The zero-order chi connectivity index (χ0) is 8.69. The van der Waals surface area contributed by atoms with E-state index in [9.17, 15) is 4.79 Å². The van der Waals surface area contributed by atoms with E-state index in [1.807, 2.05) is 6.26 Å². The molecular formula is C6H13NO2S2. The molecule has 0 saturated heterocycles. The Morgan fingerprint density at radius 1 is 1.64 bits per heavy atom. The van der Waals surface area contributed by atoms with Crippen LogP contribution in [0.15, 0.2) is 0 Å². The molecule has 1 atom stereocenters. The third-order valence-electron chi connectivity index (χ3n) is 1.05. The Morgan fingerprint density at radius 3 is 2.73 bits per heavy atom. The third-order valence-corrected chi connectivity index (χ3v) is 2.33. The number of carbonyl (C=O) groups excluding carboxylic acids is 1. The van der Waals surface area contributed by atoms with Crippen molar-refractivity contribution in [2.24, 2.45) is 0 Å². The monoisotopic (exact) mass is 195 g/mol. The Labute approximate surface area is 75.3 Å². The van der Waals surface area contributed by atoms with Crippen LogP contribution in [0.1, 0.15) is 0 Å². The van der Waals surface area contributed by atoms with E-state index in [0.29, 0.717) is 6.54 Å². The minimum absolute atomic E-state index is 0.299. The molecule has 3 nitrogen and oxygen atoms in total. The van der Waals surface area contributed by atoms with Crippen molar-refractivity contribution in [3.63, 3.8) is 0 Å². The Morgan fingerprint density at radius 2 is 2.27 bits per heavy atom. The van der Waals surface area contributed by atoms with Gasteiger partial charge in [-0.15, -0.1) is 11.8 Å². The normalized spacial score (nSPS) is 12.6. The van der Waals surface area contributed by atoms with Crippen molar-refractivity contribution >= 4 is 29.4 Å². The standard InChI is InChI=1S/C6H13NO2S2/c1-10-4-3-7-5(8)6(9)11-2/h6,9H,3-4H2,1-2H3,(H,7,8)/t6-/m0/s1. The molecule has 2 N–H and O–H groups in total. The van der Waals surface area contributed by atoms with Crippen molar-refractivity contribution in [3.05, 3.63) is 0 Å².